The highest BCUT2D eigenvalue weighted by Crippen LogP contribution is 2.39. The van der Waals surface area contributed by atoms with E-state index >= 15 is 0 Å². The number of carbonyl (C=O) groups is 1. The van der Waals surface area contributed by atoms with Crippen LogP contribution in [-0.4, -0.2) is 16.9 Å². The number of rotatable bonds is 4. The highest BCUT2D eigenvalue weighted by Gasteiger charge is 2.37. The standard InChI is InChI=1S/C18H16ClF3N2O/c1-11(12-7-8-12)24(17(25)15-6-3-9-23-16(15)19)14-5-2-4-13(10-14)18(20,21)22/h2-6,9-12H,7-8H2,1H3. The van der Waals surface area contributed by atoms with Crippen LogP contribution in [0.25, 0.3) is 0 Å². The summed E-state index contributed by atoms with van der Waals surface area (Å²) in [5, 5.41) is 0.0347. The lowest BCUT2D eigenvalue weighted by Gasteiger charge is -2.30. The molecule has 1 unspecified atom stereocenters. The Hall–Kier alpha value is -2.08. The first-order valence-corrected chi connectivity index (χ1v) is 8.28. The lowest BCUT2D eigenvalue weighted by molar-refractivity contribution is -0.137. The van der Waals surface area contributed by atoms with E-state index in [0.29, 0.717) is 0 Å². The minimum absolute atomic E-state index is 0.0347. The fraction of sp³-hybridized carbons (Fsp3) is 0.333. The highest BCUT2D eigenvalue weighted by molar-refractivity contribution is 6.33. The zero-order chi connectivity index (χ0) is 18.2. The molecule has 0 saturated heterocycles. The SMILES string of the molecule is CC(C1CC1)N(C(=O)c1cccnc1Cl)c1cccc(C(F)(F)F)c1. The first-order chi connectivity index (χ1) is 11.8. The van der Waals surface area contributed by atoms with Crippen LogP contribution in [0.5, 0.6) is 0 Å². The second-order valence-corrected chi connectivity index (χ2v) is 6.50. The van der Waals surface area contributed by atoms with E-state index in [1.165, 1.54) is 29.3 Å². The molecule has 1 aromatic heterocycles. The molecule has 0 aliphatic heterocycles. The molecule has 0 N–H and O–H groups in total. The molecule has 1 saturated carbocycles. The van der Waals surface area contributed by atoms with E-state index in [4.69, 9.17) is 11.6 Å². The number of halogens is 4. The van der Waals surface area contributed by atoms with Crippen molar-refractivity contribution < 1.29 is 18.0 Å². The summed E-state index contributed by atoms with van der Waals surface area (Å²) < 4.78 is 39.2. The molecule has 3 nitrogen and oxygen atoms in total. The van der Waals surface area contributed by atoms with Gasteiger partial charge in [-0.15, -0.1) is 0 Å². The molecule has 1 aliphatic rings. The van der Waals surface area contributed by atoms with Gasteiger partial charge in [-0.05, 0) is 56.0 Å². The van der Waals surface area contributed by atoms with Crippen molar-refractivity contribution in [1.29, 1.82) is 0 Å². The van der Waals surface area contributed by atoms with Gasteiger partial charge in [-0.25, -0.2) is 4.98 Å². The maximum atomic E-state index is 13.1. The molecule has 7 heteroatoms. The van der Waals surface area contributed by atoms with Crippen LogP contribution in [0.1, 0.15) is 35.7 Å². The number of benzene rings is 1. The Balaban J connectivity index is 2.04. The second-order valence-electron chi connectivity index (χ2n) is 6.14. The van der Waals surface area contributed by atoms with Crippen molar-refractivity contribution in [3.63, 3.8) is 0 Å². The second kappa shape index (κ2) is 6.67. The van der Waals surface area contributed by atoms with Crippen molar-refractivity contribution in [3.05, 3.63) is 58.9 Å². The highest BCUT2D eigenvalue weighted by atomic mass is 35.5. The van der Waals surface area contributed by atoms with Gasteiger partial charge < -0.3 is 4.90 Å². The number of alkyl halides is 3. The van der Waals surface area contributed by atoms with E-state index in [0.717, 1.165) is 25.0 Å². The predicted molar refractivity (Wildman–Crippen MR) is 89.7 cm³/mol. The van der Waals surface area contributed by atoms with Crippen molar-refractivity contribution in [1.82, 2.24) is 4.98 Å². The molecule has 1 fully saturated rings. The van der Waals surface area contributed by atoms with E-state index in [9.17, 15) is 18.0 Å². The lowest BCUT2D eigenvalue weighted by Crippen LogP contribution is -2.40. The molecular weight excluding hydrogens is 353 g/mol. The van der Waals surface area contributed by atoms with Gasteiger partial charge in [0, 0.05) is 17.9 Å². The normalized spacial score (nSPS) is 15.7. The first kappa shape index (κ1) is 17.7. The van der Waals surface area contributed by atoms with Crippen molar-refractivity contribution in [2.45, 2.75) is 32.0 Å². The Labute approximate surface area is 148 Å². The number of pyridine rings is 1. The largest absolute Gasteiger partial charge is 0.416 e. The van der Waals surface area contributed by atoms with Crippen LogP contribution in [0.2, 0.25) is 5.15 Å². The molecule has 1 aromatic carbocycles. The Kier molecular flexibility index (Phi) is 4.73. The molecule has 1 amide bonds. The Morgan fingerprint density at radius 2 is 2.00 bits per heavy atom. The maximum Gasteiger partial charge on any atom is 0.416 e. The van der Waals surface area contributed by atoms with Gasteiger partial charge in [-0.2, -0.15) is 13.2 Å². The molecule has 1 atom stereocenters. The summed E-state index contributed by atoms with van der Waals surface area (Å²) in [6, 6.07) is 7.68. The number of amides is 1. The molecule has 3 rings (SSSR count). The summed E-state index contributed by atoms with van der Waals surface area (Å²) in [7, 11) is 0. The number of carbonyl (C=O) groups excluding carboxylic acids is 1. The molecule has 0 radical (unpaired) electrons. The van der Waals surface area contributed by atoms with Gasteiger partial charge >= 0.3 is 6.18 Å². The van der Waals surface area contributed by atoms with Crippen molar-refractivity contribution in [2.75, 3.05) is 4.90 Å². The summed E-state index contributed by atoms with van der Waals surface area (Å²) in [6.45, 7) is 1.85. The molecule has 1 heterocycles. The fourth-order valence-electron chi connectivity index (χ4n) is 2.83. The number of hydrogen-bond donors (Lipinski definition) is 0. The number of aromatic nitrogens is 1. The summed E-state index contributed by atoms with van der Waals surface area (Å²) in [6.07, 6.45) is -1.12. The van der Waals surface area contributed by atoms with Crippen LogP contribution >= 0.6 is 11.6 Å². The van der Waals surface area contributed by atoms with E-state index in [2.05, 4.69) is 4.98 Å². The summed E-state index contributed by atoms with van der Waals surface area (Å²) in [5.41, 5.74) is -0.406. The van der Waals surface area contributed by atoms with Gasteiger partial charge in [-0.1, -0.05) is 17.7 Å². The minimum atomic E-state index is -4.47. The lowest BCUT2D eigenvalue weighted by atomic mass is 10.1. The van der Waals surface area contributed by atoms with E-state index < -0.39 is 17.6 Å². The number of hydrogen-bond acceptors (Lipinski definition) is 2. The third-order valence-electron chi connectivity index (χ3n) is 4.37. The summed E-state index contributed by atoms with van der Waals surface area (Å²) in [5.74, 6) is -0.175. The molecule has 0 bridgehead atoms. The van der Waals surface area contributed by atoms with Crippen LogP contribution in [0.4, 0.5) is 18.9 Å². The predicted octanol–water partition coefficient (Wildman–Crippen LogP) is 5.20. The topological polar surface area (TPSA) is 33.2 Å². The van der Waals surface area contributed by atoms with Crippen molar-refractivity contribution >= 4 is 23.2 Å². The monoisotopic (exact) mass is 368 g/mol. The van der Waals surface area contributed by atoms with Crippen molar-refractivity contribution in [3.8, 4) is 0 Å². The zero-order valence-electron chi connectivity index (χ0n) is 13.4. The quantitative estimate of drug-likeness (QED) is 0.695. The first-order valence-electron chi connectivity index (χ1n) is 7.90. The molecule has 0 spiro atoms. The molecule has 25 heavy (non-hydrogen) atoms. The van der Waals surface area contributed by atoms with Crippen LogP contribution in [0.3, 0.4) is 0 Å². The van der Waals surface area contributed by atoms with E-state index in [1.54, 1.807) is 6.07 Å². The Morgan fingerprint density at radius 3 is 2.60 bits per heavy atom. The van der Waals surface area contributed by atoms with Crippen LogP contribution in [0.15, 0.2) is 42.6 Å². The average molecular weight is 369 g/mol. The van der Waals surface area contributed by atoms with Gasteiger partial charge in [0.15, 0.2) is 0 Å². The minimum Gasteiger partial charge on any atom is -0.305 e. The molecule has 1 aliphatic carbocycles. The number of nitrogens with zero attached hydrogens (tertiary/aromatic N) is 2. The summed E-state index contributed by atoms with van der Waals surface area (Å²) in [4.78, 5) is 18.3. The van der Waals surface area contributed by atoms with Gasteiger partial charge in [0.25, 0.3) is 5.91 Å². The summed E-state index contributed by atoms with van der Waals surface area (Å²) >= 11 is 6.02. The third kappa shape index (κ3) is 3.79. The van der Waals surface area contributed by atoms with Crippen LogP contribution in [0, 0.1) is 5.92 Å². The smallest absolute Gasteiger partial charge is 0.305 e. The third-order valence-corrected chi connectivity index (χ3v) is 4.67. The average Bonchev–Trinajstić information content (AvgIpc) is 3.40. The van der Waals surface area contributed by atoms with E-state index in [1.807, 2.05) is 6.92 Å². The van der Waals surface area contributed by atoms with E-state index in [-0.39, 0.29) is 28.4 Å². The van der Waals surface area contributed by atoms with Gasteiger partial charge in [0.1, 0.15) is 5.15 Å². The van der Waals surface area contributed by atoms with Gasteiger partial charge in [0.2, 0.25) is 0 Å². The van der Waals surface area contributed by atoms with Crippen molar-refractivity contribution in [2.24, 2.45) is 5.92 Å². The molecular formula is C18H16ClF3N2O. The zero-order valence-corrected chi connectivity index (χ0v) is 14.2. The Morgan fingerprint density at radius 1 is 1.28 bits per heavy atom. The van der Waals surface area contributed by atoms with Crippen LogP contribution in [-0.2, 0) is 6.18 Å². The van der Waals surface area contributed by atoms with Crippen LogP contribution < -0.4 is 4.90 Å². The number of anilines is 1. The fourth-order valence-corrected chi connectivity index (χ4v) is 3.03. The Bertz CT molecular complexity index is 790. The molecule has 2 aromatic rings. The van der Waals surface area contributed by atoms with Gasteiger partial charge in [-0.3, -0.25) is 4.79 Å². The maximum absolute atomic E-state index is 13.1. The molecule has 132 valence electrons. The van der Waals surface area contributed by atoms with Gasteiger partial charge in [0.05, 0.1) is 11.1 Å².